The highest BCUT2D eigenvalue weighted by atomic mass is 14.9. The van der Waals surface area contributed by atoms with Crippen LogP contribution in [-0.2, 0) is 0 Å². The second kappa shape index (κ2) is 6.55. The molecular weight excluding hydrogens is 208 g/mol. The first kappa shape index (κ1) is 13.9. The van der Waals surface area contributed by atoms with E-state index >= 15 is 0 Å². The molecule has 1 N–H and O–H groups in total. The van der Waals surface area contributed by atoms with Crippen molar-refractivity contribution in [1.82, 2.24) is 10.3 Å². The summed E-state index contributed by atoms with van der Waals surface area (Å²) in [6, 6.07) is 2.58. The maximum atomic E-state index is 4.19. The summed E-state index contributed by atoms with van der Waals surface area (Å²) in [5, 5.41) is 3.48. The van der Waals surface area contributed by atoms with E-state index in [4.69, 9.17) is 0 Å². The van der Waals surface area contributed by atoms with E-state index in [0.717, 1.165) is 6.54 Å². The molecule has 0 spiro atoms. The van der Waals surface area contributed by atoms with Crippen LogP contribution in [0, 0.1) is 12.8 Å². The van der Waals surface area contributed by atoms with Crippen molar-refractivity contribution in [3.05, 3.63) is 35.2 Å². The second-order valence-corrected chi connectivity index (χ2v) is 5.14. The first-order valence-corrected chi connectivity index (χ1v) is 6.35. The van der Waals surface area contributed by atoms with Crippen molar-refractivity contribution in [2.45, 2.75) is 40.7 Å². The van der Waals surface area contributed by atoms with Crippen molar-refractivity contribution in [1.29, 1.82) is 0 Å². The SMILES string of the molecule is Cc1ccncc1/C=C(/CNC(C)C)C(C)C. The highest BCUT2D eigenvalue weighted by molar-refractivity contribution is 5.56. The van der Waals surface area contributed by atoms with Crippen LogP contribution in [0.5, 0.6) is 0 Å². The molecule has 1 aromatic heterocycles. The zero-order valence-electron chi connectivity index (χ0n) is 11.6. The third kappa shape index (κ3) is 4.70. The highest BCUT2D eigenvalue weighted by Gasteiger charge is 2.05. The Balaban J connectivity index is 2.87. The molecule has 0 radical (unpaired) electrons. The molecule has 0 aromatic carbocycles. The van der Waals surface area contributed by atoms with Gasteiger partial charge >= 0.3 is 0 Å². The molecule has 0 bridgehead atoms. The fraction of sp³-hybridized carbons (Fsp3) is 0.533. The average molecular weight is 232 g/mol. The topological polar surface area (TPSA) is 24.9 Å². The smallest absolute Gasteiger partial charge is 0.0342 e. The first-order valence-electron chi connectivity index (χ1n) is 6.35. The van der Waals surface area contributed by atoms with E-state index in [2.05, 4.69) is 57.1 Å². The van der Waals surface area contributed by atoms with Crippen molar-refractivity contribution in [3.63, 3.8) is 0 Å². The second-order valence-electron chi connectivity index (χ2n) is 5.14. The number of aromatic nitrogens is 1. The van der Waals surface area contributed by atoms with E-state index in [1.54, 1.807) is 0 Å². The van der Waals surface area contributed by atoms with Gasteiger partial charge in [0.25, 0.3) is 0 Å². The van der Waals surface area contributed by atoms with E-state index in [9.17, 15) is 0 Å². The summed E-state index contributed by atoms with van der Waals surface area (Å²) in [5.41, 5.74) is 3.93. The number of hydrogen-bond acceptors (Lipinski definition) is 2. The molecular formula is C15H24N2. The van der Waals surface area contributed by atoms with Gasteiger partial charge in [0.1, 0.15) is 0 Å². The number of aryl methyl sites for hydroxylation is 1. The summed E-state index contributed by atoms with van der Waals surface area (Å²) in [5.74, 6) is 0.556. The molecule has 0 amide bonds. The molecule has 0 fully saturated rings. The normalized spacial score (nSPS) is 12.5. The molecule has 0 saturated carbocycles. The minimum Gasteiger partial charge on any atom is -0.311 e. The molecule has 0 aliphatic carbocycles. The van der Waals surface area contributed by atoms with Gasteiger partial charge in [-0.1, -0.05) is 39.3 Å². The van der Waals surface area contributed by atoms with Crippen LogP contribution < -0.4 is 5.32 Å². The average Bonchev–Trinajstić information content (AvgIpc) is 2.25. The summed E-state index contributed by atoms with van der Waals surface area (Å²) < 4.78 is 0. The highest BCUT2D eigenvalue weighted by Crippen LogP contribution is 2.16. The maximum absolute atomic E-state index is 4.19. The minimum absolute atomic E-state index is 0.521. The molecule has 2 heteroatoms. The number of pyridine rings is 1. The Kier molecular flexibility index (Phi) is 5.36. The maximum Gasteiger partial charge on any atom is 0.0342 e. The standard InChI is InChI=1S/C15H24N2/c1-11(2)14(10-17-12(3)4)8-15-9-16-7-6-13(15)5/h6-9,11-12,17H,10H2,1-5H3/b14-8-. The Bertz CT molecular complexity index is 378. The van der Waals surface area contributed by atoms with Crippen molar-refractivity contribution >= 4 is 6.08 Å². The Hall–Kier alpha value is -1.15. The van der Waals surface area contributed by atoms with E-state index in [1.165, 1.54) is 16.7 Å². The molecule has 0 atom stereocenters. The van der Waals surface area contributed by atoms with Gasteiger partial charge in [0.2, 0.25) is 0 Å². The van der Waals surface area contributed by atoms with Gasteiger partial charge in [-0.15, -0.1) is 0 Å². The summed E-state index contributed by atoms with van der Waals surface area (Å²) >= 11 is 0. The van der Waals surface area contributed by atoms with Gasteiger partial charge in [0.15, 0.2) is 0 Å². The Labute approximate surface area is 105 Å². The molecule has 0 aliphatic heterocycles. The van der Waals surface area contributed by atoms with E-state index in [0.29, 0.717) is 12.0 Å². The molecule has 0 aliphatic rings. The van der Waals surface area contributed by atoms with E-state index < -0.39 is 0 Å². The fourth-order valence-corrected chi connectivity index (χ4v) is 1.57. The lowest BCUT2D eigenvalue weighted by atomic mass is 9.99. The minimum atomic E-state index is 0.521. The number of hydrogen-bond donors (Lipinski definition) is 1. The van der Waals surface area contributed by atoms with Gasteiger partial charge in [-0.25, -0.2) is 0 Å². The summed E-state index contributed by atoms with van der Waals surface area (Å²) in [6.07, 6.45) is 6.05. The number of rotatable bonds is 5. The molecule has 1 heterocycles. The molecule has 0 unspecified atom stereocenters. The van der Waals surface area contributed by atoms with Crippen LogP contribution in [0.1, 0.15) is 38.8 Å². The van der Waals surface area contributed by atoms with Gasteiger partial charge in [0.05, 0.1) is 0 Å². The lowest BCUT2D eigenvalue weighted by Crippen LogP contribution is -2.26. The third-order valence-corrected chi connectivity index (χ3v) is 2.88. The molecule has 1 aromatic rings. The Morgan fingerprint density at radius 2 is 2.06 bits per heavy atom. The van der Waals surface area contributed by atoms with Crippen LogP contribution in [-0.4, -0.2) is 17.6 Å². The summed E-state index contributed by atoms with van der Waals surface area (Å²) in [4.78, 5) is 4.19. The predicted molar refractivity (Wildman–Crippen MR) is 74.9 cm³/mol. The van der Waals surface area contributed by atoms with Crippen LogP contribution >= 0.6 is 0 Å². The Morgan fingerprint density at radius 1 is 1.35 bits per heavy atom. The lowest BCUT2D eigenvalue weighted by molar-refractivity contribution is 0.593. The zero-order valence-corrected chi connectivity index (χ0v) is 11.6. The molecule has 1 rings (SSSR count). The van der Waals surface area contributed by atoms with Crippen LogP contribution in [0.2, 0.25) is 0 Å². The molecule has 17 heavy (non-hydrogen) atoms. The zero-order chi connectivity index (χ0) is 12.8. The van der Waals surface area contributed by atoms with Crippen LogP contribution in [0.3, 0.4) is 0 Å². The van der Waals surface area contributed by atoms with Gasteiger partial charge in [0, 0.05) is 25.0 Å². The van der Waals surface area contributed by atoms with E-state index in [1.807, 2.05) is 12.4 Å². The summed E-state index contributed by atoms with van der Waals surface area (Å²) in [7, 11) is 0. The fourth-order valence-electron chi connectivity index (χ4n) is 1.57. The van der Waals surface area contributed by atoms with Crippen molar-refractivity contribution < 1.29 is 0 Å². The quantitative estimate of drug-likeness (QED) is 0.841. The monoisotopic (exact) mass is 232 g/mol. The number of nitrogens with zero attached hydrogens (tertiary/aromatic N) is 1. The lowest BCUT2D eigenvalue weighted by Gasteiger charge is -2.15. The predicted octanol–water partition coefficient (Wildman–Crippen LogP) is 3.43. The molecule has 94 valence electrons. The van der Waals surface area contributed by atoms with Crippen molar-refractivity contribution in [2.24, 2.45) is 5.92 Å². The van der Waals surface area contributed by atoms with Crippen LogP contribution in [0.15, 0.2) is 24.0 Å². The van der Waals surface area contributed by atoms with Crippen molar-refractivity contribution in [2.75, 3.05) is 6.54 Å². The largest absolute Gasteiger partial charge is 0.311 e. The van der Waals surface area contributed by atoms with Crippen LogP contribution in [0.4, 0.5) is 0 Å². The van der Waals surface area contributed by atoms with Crippen LogP contribution in [0.25, 0.3) is 6.08 Å². The van der Waals surface area contributed by atoms with E-state index in [-0.39, 0.29) is 0 Å². The molecule has 2 nitrogen and oxygen atoms in total. The Morgan fingerprint density at radius 3 is 2.59 bits per heavy atom. The third-order valence-electron chi connectivity index (χ3n) is 2.88. The summed E-state index contributed by atoms with van der Waals surface area (Å²) in [6.45, 7) is 11.9. The molecule has 0 saturated heterocycles. The van der Waals surface area contributed by atoms with Gasteiger partial charge in [-0.3, -0.25) is 4.98 Å². The first-order chi connectivity index (χ1) is 8.00. The van der Waals surface area contributed by atoms with Gasteiger partial charge < -0.3 is 5.32 Å². The van der Waals surface area contributed by atoms with Gasteiger partial charge in [-0.2, -0.15) is 0 Å². The van der Waals surface area contributed by atoms with Gasteiger partial charge in [-0.05, 0) is 30.0 Å². The van der Waals surface area contributed by atoms with Crippen molar-refractivity contribution in [3.8, 4) is 0 Å². The number of nitrogens with one attached hydrogen (secondary N) is 1.